The molecule has 1 aliphatic heterocycles. The molecule has 0 radical (unpaired) electrons. The van der Waals surface area contributed by atoms with Crippen molar-refractivity contribution in [3.63, 3.8) is 0 Å². The molecule has 0 amide bonds. The summed E-state index contributed by atoms with van der Waals surface area (Å²) in [5, 5.41) is 14.5. The largest absolute Gasteiger partial charge is 0.365 e. The Morgan fingerprint density at radius 2 is 1.83 bits per heavy atom. The number of carbonyl (C=O) groups excluding carboxylic acids is 1. The maximum Gasteiger partial charge on any atom is 0.294 e. The molecule has 1 heterocycles. The van der Waals surface area contributed by atoms with Crippen molar-refractivity contribution < 1.29 is 22.9 Å². The fourth-order valence-electron chi connectivity index (χ4n) is 1.53. The molecule has 0 fully saturated rings. The van der Waals surface area contributed by atoms with Crippen molar-refractivity contribution in [2.45, 2.75) is 18.0 Å². The number of nitrogens with zero attached hydrogens (tertiary/aromatic N) is 2. The van der Waals surface area contributed by atoms with Crippen molar-refractivity contribution in [3.8, 4) is 0 Å². The van der Waals surface area contributed by atoms with E-state index in [2.05, 4.69) is 5.10 Å². The van der Waals surface area contributed by atoms with E-state index in [1.807, 2.05) is 0 Å². The monoisotopic (exact) mass is 270 g/mol. The topological polar surface area (TPSA) is 107 Å². The number of anilines is 1. The number of ketones is 1. The Morgan fingerprint density at radius 1 is 1.28 bits per heavy atom. The third-order valence-corrected chi connectivity index (χ3v) is 3.35. The first-order chi connectivity index (χ1) is 8.30. The van der Waals surface area contributed by atoms with Crippen LogP contribution in [-0.4, -0.2) is 35.8 Å². The molecular formula is C10H10N2O5S. The second kappa shape index (κ2) is 4.16. The molecule has 18 heavy (non-hydrogen) atoms. The number of rotatable bonds is 2. The van der Waals surface area contributed by atoms with Crippen LogP contribution in [0.15, 0.2) is 34.3 Å². The van der Waals surface area contributed by atoms with Crippen molar-refractivity contribution in [3.05, 3.63) is 24.3 Å². The van der Waals surface area contributed by atoms with Crippen LogP contribution in [-0.2, 0) is 14.9 Å². The lowest BCUT2D eigenvalue weighted by atomic mass is 10.2. The van der Waals surface area contributed by atoms with E-state index in [9.17, 15) is 18.3 Å². The molecular weight excluding hydrogens is 260 g/mol. The first kappa shape index (κ1) is 12.7. The van der Waals surface area contributed by atoms with Gasteiger partial charge in [0.2, 0.25) is 12.0 Å². The number of hydrazone groups is 1. The van der Waals surface area contributed by atoms with E-state index in [0.29, 0.717) is 5.69 Å². The van der Waals surface area contributed by atoms with Crippen LogP contribution in [0.4, 0.5) is 5.69 Å². The van der Waals surface area contributed by atoms with E-state index in [1.54, 1.807) is 0 Å². The van der Waals surface area contributed by atoms with Crippen molar-refractivity contribution in [1.82, 2.24) is 0 Å². The van der Waals surface area contributed by atoms with Crippen LogP contribution in [0, 0.1) is 0 Å². The van der Waals surface area contributed by atoms with E-state index in [-0.39, 0.29) is 10.6 Å². The van der Waals surface area contributed by atoms with Crippen molar-refractivity contribution in [2.24, 2.45) is 5.10 Å². The summed E-state index contributed by atoms with van der Waals surface area (Å²) in [6.45, 7) is 1.47. The maximum atomic E-state index is 11.4. The number of hydrogen-bond donors (Lipinski definition) is 2. The Hall–Kier alpha value is -1.77. The zero-order chi connectivity index (χ0) is 13.5. The highest BCUT2D eigenvalue weighted by Gasteiger charge is 2.32. The fraction of sp³-hybridized carbons (Fsp3) is 0.200. The maximum absolute atomic E-state index is 11.4. The van der Waals surface area contributed by atoms with Gasteiger partial charge < -0.3 is 5.11 Å². The molecule has 1 atom stereocenters. The van der Waals surface area contributed by atoms with Gasteiger partial charge in [0.15, 0.2) is 0 Å². The molecule has 0 aliphatic carbocycles. The second-order valence-electron chi connectivity index (χ2n) is 3.74. The van der Waals surface area contributed by atoms with E-state index in [4.69, 9.17) is 4.55 Å². The number of carbonyl (C=O) groups is 1. The Balaban J connectivity index is 2.35. The van der Waals surface area contributed by atoms with Crippen LogP contribution >= 0.6 is 0 Å². The van der Waals surface area contributed by atoms with Crippen LogP contribution in [0.25, 0.3) is 0 Å². The van der Waals surface area contributed by atoms with E-state index >= 15 is 0 Å². The molecule has 96 valence electrons. The highest BCUT2D eigenvalue weighted by Crippen LogP contribution is 2.23. The minimum absolute atomic E-state index is 0.168. The van der Waals surface area contributed by atoms with E-state index in [0.717, 1.165) is 17.1 Å². The lowest BCUT2D eigenvalue weighted by molar-refractivity contribution is -0.119. The SMILES string of the molecule is CC1=NN(c2ccc(S(=O)(=O)O)cc2)C(O)C1=O. The van der Waals surface area contributed by atoms with Crippen LogP contribution in [0.2, 0.25) is 0 Å². The molecule has 0 saturated heterocycles. The zero-order valence-electron chi connectivity index (χ0n) is 9.31. The van der Waals surface area contributed by atoms with Gasteiger partial charge in [-0.1, -0.05) is 0 Å². The predicted molar refractivity (Wildman–Crippen MR) is 62.9 cm³/mol. The van der Waals surface area contributed by atoms with Gasteiger partial charge >= 0.3 is 0 Å². The number of benzene rings is 1. The summed E-state index contributed by atoms with van der Waals surface area (Å²) in [6.07, 6.45) is -1.40. The first-order valence-electron chi connectivity index (χ1n) is 4.95. The summed E-state index contributed by atoms with van der Waals surface area (Å²) < 4.78 is 30.5. The van der Waals surface area contributed by atoms with Gasteiger partial charge in [0.25, 0.3) is 10.1 Å². The van der Waals surface area contributed by atoms with Crippen LogP contribution in [0.5, 0.6) is 0 Å². The standard InChI is InChI=1S/C10H10N2O5S/c1-6-9(13)10(14)12(11-6)7-2-4-8(5-3-7)18(15,16)17/h2-5,10,14H,1H3,(H,15,16,17). The molecule has 1 aliphatic rings. The zero-order valence-corrected chi connectivity index (χ0v) is 10.1. The molecule has 0 spiro atoms. The Bertz CT molecular complexity index is 620. The predicted octanol–water partition coefficient (Wildman–Crippen LogP) is 0.0167. The Labute approximate surface area is 103 Å². The molecule has 0 aromatic heterocycles. The van der Waals surface area contributed by atoms with Crippen molar-refractivity contribution in [2.75, 3.05) is 5.01 Å². The summed E-state index contributed by atoms with van der Waals surface area (Å²) >= 11 is 0. The van der Waals surface area contributed by atoms with Gasteiger partial charge in [-0.15, -0.1) is 0 Å². The summed E-state index contributed by atoms with van der Waals surface area (Å²) in [5.74, 6) is -0.506. The van der Waals surface area contributed by atoms with Crippen molar-refractivity contribution >= 4 is 27.3 Å². The molecule has 1 aromatic rings. The van der Waals surface area contributed by atoms with Gasteiger partial charge in [-0.3, -0.25) is 9.35 Å². The summed E-state index contributed by atoms with van der Waals surface area (Å²) in [7, 11) is -4.26. The van der Waals surface area contributed by atoms with Gasteiger partial charge in [-0.2, -0.15) is 13.5 Å². The normalized spacial score (nSPS) is 20.2. The number of aliphatic hydroxyl groups is 1. The highest BCUT2D eigenvalue weighted by molar-refractivity contribution is 7.85. The molecule has 0 saturated carbocycles. The minimum atomic E-state index is -4.26. The van der Waals surface area contributed by atoms with Crippen LogP contribution < -0.4 is 5.01 Å². The van der Waals surface area contributed by atoms with Crippen LogP contribution in [0.3, 0.4) is 0 Å². The summed E-state index contributed by atoms with van der Waals surface area (Å²) in [6, 6.07) is 4.99. The van der Waals surface area contributed by atoms with Gasteiger partial charge in [0.1, 0.15) is 5.71 Å². The van der Waals surface area contributed by atoms with Crippen molar-refractivity contribution in [1.29, 1.82) is 0 Å². The molecule has 0 bridgehead atoms. The van der Waals surface area contributed by atoms with E-state index in [1.165, 1.54) is 19.1 Å². The lowest BCUT2D eigenvalue weighted by Crippen LogP contribution is -2.32. The Kier molecular flexibility index (Phi) is 2.93. The molecule has 8 heteroatoms. The summed E-state index contributed by atoms with van der Waals surface area (Å²) in [5.41, 5.74) is 0.515. The quantitative estimate of drug-likeness (QED) is 0.733. The minimum Gasteiger partial charge on any atom is -0.365 e. The first-order valence-corrected chi connectivity index (χ1v) is 6.39. The van der Waals surface area contributed by atoms with E-state index < -0.39 is 22.1 Å². The van der Waals surface area contributed by atoms with Gasteiger partial charge in [0.05, 0.1) is 10.6 Å². The number of aliphatic hydroxyl groups excluding tert-OH is 1. The fourth-order valence-corrected chi connectivity index (χ4v) is 2.01. The average molecular weight is 270 g/mol. The van der Waals surface area contributed by atoms with Gasteiger partial charge in [-0.05, 0) is 31.2 Å². The molecule has 1 unspecified atom stereocenters. The summed E-state index contributed by atoms with van der Waals surface area (Å²) in [4.78, 5) is 11.1. The molecule has 7 nitrogen and oxygen atoms in total. The lowest BCUT2D eigenvalue weighted by Gasteiger charge is -2.17. The smallest absolute Gasteiger partial charge is 0.294 e. The third-order valence-electron chi connectivity index (χ3n) is 2.48. The second-order valence-corrected chi connectivity index (χ2v) is 5.16. The molecule has 2 N–H and O–H groups in total. The number of hydrogen-bond acceptors (Lipinski definition) is 6. The average Bonchev–Trinajstić information content (AvgIpc) is 2.56. The van der Waals surface area contributed by atoms with Crippen LogP contribution in [0.1, 0.15) is 6.92 Å². The highest BCUT2D eigenvalue weighted by atomic mass is 32.2. The Morgan fingerprint density at radius 3 is 2.22 bits per heavy atom. The molecule has 1 aromatic carbocycles. The number of Topliss-reactive ketones (excluding diaryl/α,β-unsaturated/α-hetero) is 1. The molecule has 2 rings (SSSR count). The van der Waals surface area contributed by atoms with Gasteiger partial charge in [0, 0.05) is 0 Å². The third kappa shape index (κ3) is 2.13. The van der Waals surface area contributed by atoms with Gasteiger partial charge in [-0.25, -0.2) is 5.01 Å².